The predicted molar refractivity (Wildman–Crippen MR) is 128 cm³/mol. The van der Waals surface area contributed by atoms with Crippen LogP contribution in [0, 0.1) is 0 Å². The highest BCUT2D eigenvalue weighted by Crippen LogP contribution is 2.32. The molecule has 5 aromatic rings. The van der Waals surface area contributed by atoms with E-state index < -0.39 is 0 Å². The molecule has 0 fully saturated rings. The van der Waals surface area contributed by atoms with Crippen molar-refractivity contribution in [3.63, 3.8) is 0 Å². The van der Waals surface area contributed by atoms with E-state index in [4.69, 9.17) is 5.10 Å². The molecule has 31 heavy (non-hydrogen) atoms. The molecule has 154 valence electrons. The van der Waals surface area contributed by atoms with Gasteiger partial charge in [0.25, 0.3) is 5.13 Å². The van der Waals surface area contributed by atoms with E-state index in [1.165, 1.54) is 15.7 Å². The Morgan fingerprint density at radius 1 is 0.806 bits per heavy atom. The molecule has 0 atom stereocenters. The van der Waals surface area contributed by atoms with Crippen molar-refractivity contribution in [3.05, 3.63) is 97.1 Å². The van der Waals surface area contributed by atoms with Crippen LogP contribution in [0.2, 0.25) is 0 Å². The Balaban J connectivity index is 0.00000231. The van der Waals surface area contributed by atoms with Gasteiger partial charge in [0, 0.05) is 33.2 Å². The molecule has 4 aromatic carbocycles. The van der Waals surface area contributed by atoms with Crippen LogP contribution < -0.4 is 22.4 Å². The van der Waals surface area contributed by atoms with E-state index in [0.29, 0.717) is 0 Å². The van der Waals surface area contributed by atoms with Crippen LogP contribution in [-0.2, 0) is 0 Å². The van der Waals surface area contributed by atoms with Gasteiger partial charge >= 0.3 is 5.01 Å². The van der Waals surface area contributed by atoms with Gasteiger partial charge in [-0.15, -0.1) is 11.8 Å². The third-order valence-corrected chi connectivity index (χ3v) is 6.67. The van der Waals surface area contributed by atoms with Gasteiger partial charge in [0.15, 0.2) is 0 Å². The number of hydrogen-bond donors (Lipinski definition) is 1. The van der Waals surface area contributed by atoms with Crippen LogP contribution in [-0.4, -0.2) is 11.4 Å². The maximum atomic E-state index is 4.92. The molecule has 0 spiro atoms. The van der Waals surface area contributed by atoms with Crippen molar-refractivity contribution in [3.8, 4) is 16.3 Å². The van der Waals surface area contributed by atoms with Crippen molar-refractivity contribution in [2.45, 2.75) is 4.90 Å². The van der Waals surface area contributed by atoms with E-state index >= 15 is 0 Å². The molecule has 0 saturated heterocycles. The molecule has 1 aromatic heterocycles. The van der Waals surface area contributed by atoms with Gasteiger partial charge in [-0.05, 0) is 58.0 Å². The van der Waals surface area contributed by atoms with Crippen LogP contribution in [0.4, 0.5) is 10.8 Å². The van der Waals surface area contributed by atoms with Gasteiger partial charge in [0.1, 0.15) is 0 Å². The third-order valence-electron chi connectivity index (χ3n) is 4.95. The van der Waals surface area contributed by atoms with E-state index in [1.54, 1.807) is 23.1 Å². The maximum absolute atomic E-state index is 4.92. The van der Waals surface area contributed by atoms with E-state index in [9.17, 15) is 0 Å². The number of aromatic nitrogens is 2. The first-order valence-corrected chi connectivity index (χ1v) is 11.7. The summed E-state index contributed by atoms with van der Waals surface area (Å²) in [6.45, 7) is 0. The summed E-state index contributed by atoms with van der Waals surface area (Å²) in [5.74, 6) is 0. The number of fused-ring (bicyclic) bond motifs is 1. The zero-order valence-electron chi connectivity index (χ0n) is 16.8. The normalized spacial score (nSPS) is 10.6. The lowest BCUT2D eigenvalue weighted by molar-refractivity contribution is -0.642. The fourth-order valence-electron chi connectivity index (χ4n) is 3.45. The average molecular weight is 462 g/mol. The van der Waals surface area contributed by atoms with Crippen molar-refractivity contribution in [1.29, 1.82) is 0 Å². The van der Waals surface area contributed by atoms with Crippen LogP contribution in [0.15, 0.2) is 102 Å². The van der Waals surface area contributed by atoms with E-state index in [2.05, 4.69) is 90.4 Å². The van der Waals surface area contributed by atoms with E-state index in [1.807, 2.05) is 22.9 Å². The van der Waals surface area contributed by atoms with Crippen molar-refractivity contribution in [2.75, 3.05) is 11.6 Å². The summed E-state index contributed by atoms with van der Waals surface area (Å²) < 4.78 is 2.02. The fraction of sp³-hybridized carbons (Fsp3) is 0.0400. The monoisotopic (exact) mass is 461 g/mol. The molecular formula is C25H20ClN3S2. The van der Waals surface area contributed by atoms with Gasteiger partial charge in [-0.2, -0.15) is 0 Å². The number of nitrogens with zero attached hydrogens (tertiary/aromatic N) is 2. The Labute approximate surface area is 196 Å². The van der Waals surface area contributed by atoms with Crippen molar-refractivity contribution >= 4 is 44.7 Å². The lowest BCUT2D eigenvalue weighted by Crippen LogP contribution is -3.00. The summed E-state index contributed by atoms with van der Waals surface area (Å²) >= 11 is 3.41. The lowest BCUT2D eigenvalue weighted by Gasteiger charge is -2.05. The Bertz CT molecular complexity index is 1300. The van der Waals surface area contributed by atoms with Crippen LogP contribution in [0.3, 0.4) is 0 Å². The number of rotatable bonds is 5. The minimum atomic E-state index is 0. The lowest BCUT2D eigenvalue weighted by atomic mass is 10.1. The second kappa shape index (κ2) is 9.52. The molecule has 0 aliphatic heterocycles. The zero-order chi connectivity index (χ0) is 20.3. The highest BCUT2D eigenvalue weighted by molar-refractivity contribution is 7.98. The van der Waals surface area contributed by atoms with Gasteiger partial charge in [-0.1, -0.05) is 54.6 Å². The number of halogens is 1. The van der Waals surface area contributed by atoms with Gasteiger partial charge in [-0.25, -0.2) is 0 Å². The van der Waals surface area contributed by atoms with Gasteiger partial charge in [0.2, 0.25) is 5.69 Å². The largest absolute Gasteiger partial charge is 1.00 e. The molecule has 6 heteroatoms. The second-order valence-electron chi connectivity index (χ2n) is 6.84. The molecule has 0 aliphatic carbocycles. The highest BCUT2D eigenvalue weighted by atomic mass is 35.5. The first-order chi connectivity index (χ1) is 14.8. The van der Waals surface area contributed by atoms with E-state index in [-0.39, 0.29) is 12.4 Å². The summed E-state index contributed by atoms with van der Waals surface area (Å²) in [7, 11) is 0. The summed E-state index contributed by atoms with van der Waals surface area (Å²) in [6, 6.07) is 33.6. The summed E-state index contributed by atoms with van der Waals surface area (Å²) in [5, 5.41) is 12.8. The van der Waals surface area contributed by atoms with Crippen molar-refractivity contribution < 1.29 is 17.1 Å². The molecule has 0 aliphatic rings. The maximum Gasteiger partial charge on any atom is 0.304 e. The number of para-hydroxylation sites is 1. The number of hydrogen-bond acceptors (Lipinski definition) is 4. The summed E-state index contributed by atoms with van der Waals surface area (Å²) in [5.41, 5.74) is 3.26. The first kappa shape index (κ1) is 21.4. The number of benzene rings is 4. The summed E-state index contributed by atoms with van der Waals surface area (Å²) in [4.78, 5) is 1.25. The predicted octanol–water partition coefficient (Wildman–Crippen LogP) is 3.71. The molecule has 3 nitrogen and oxygen atoms in total. The SMILES string of the molecule is CSc1ccc(-c2sc(Nc3cccc4ccccc34)n[n+]2-c2ccccc2)cc1.[Cl-]. The number of nitrogens with one attached hydrogen (secondary N) is 1. The molecule has 1 N–H and O–H groups in total. The quantitative estimate of drug-likeness (QED) is 0.319. The highest BCUT2D eigenvalue weighted by Gasteiger charge is 2.24. The van der Waals surface area contributed by atoms with Crippen LogP contribution >= 0.6 is 23.1 Å². The third kappa shape index (κ3) is 4.44. The van der Waals surface area contributed by atoms with Crippen LogP contribution in [0.5, 0.6) is 0 Å². The van der Waals surface area contributed by atoms with Gasteiger partial charge in [0.05, 0.1) is 5.56 Å². The van der Waals surface area contributed by atoms with E-state index in [0.717, 1.165) is 27.1 Å². The van der Waals surface area contributed by atoms with Gasteiger partial charge in [-0.3, -0.25) is 0 Å². The molecule has 0 amide bonds. The fourth-order valence-corrected chi connectivity index (χ4v) is 4.81. The standard InChI is InChI=1S/C25H20N3S2.ClH/c1-29-21-16-14-19(15-17-21)24-28(20-10-3-2-4-11-20)27-25(30-24)26-23-13-7-9-18-8-5-6-12-22(18)23;/h2-17H,1H3,(H,26,27);1H/q+1;/p-1. The number of thioether (sulfide) groups is 1. The first-order valence-electron chi connectivity index (χ1n) is 9.69. The van der Waals surface area contributed by atoms with Crippen LogP contribution in [0.25, 0.3) is 27.0 Å². The molecule has 0 bridgehead atoms. The van der Waals surface area contributed by atoms with Gasteiger partial charge < -0.3 is 17.7 Å². The Hall–Kier alpha value is -2.86. The molecule has 1 heterocycles. The topological polar surface area (TPSA) is 28.8 Å². The molecule has 0 saturated carbocycles. The molecular weight excluding hydrogens is 442 g/mol. The smallest absolute Gasteiger partial charge is 0.304 e. The Morgan fingerprint density at radius 2 is 1.52 bits per heavy atom. The Kier molecular flexibility index (Phi) is 6.56. The molecule has 5 rings (SSSR count). The molecule has 0 radical (unpaired) electrons. The number of anilines is 2. The molecule has 0 unspecified atom stereocenters. The second-order valence-corrected chi connectivity index (χ2v) is 8.70. The van der Waals surface area contributed by atoms with Crippen LogP contribution in [0.1, 0.15) is 0 Å². The van der Waals surface area contributed by atoms with Crippen molar-refractivity contribution in [2.24, 2.45) is 0 Å². The Morgan fingerprint density at radius 3 is 2.29 bits per heavy atom. The average Bonchev–Trinajstić information content (AvgIpc) is 3.24. The minimum Gasteiger partial charge on any atom is -1.00 e. The van der Waals surface area contributed by atoms with Crippen molar-refractivity contribution in [1.82, 2.24) is 5.10 Å². The minimum absolute atomic E-state index is 0. The summed E-state index contributed by atoms with van der Waals surface area (Å²) in [6.07, 6.45) is 2.10. The zero-order valence-corrected chi connectivity index (χ0v) is 19.2.